The minimum absolute atomic E-state index is 0.000476. The lowest BCUT2D eigenvalue weighted by atomic mass is 9.87. The van der Waals surface area contributed by atoms with E-state index in [-0.39, 0.29) is 17.9 Å². The van der Waals surface area contributed by atoms with Gasteiger partial charge in [0.05, 0.1) is 23.0 Å². The van der Waals surface area contributed by atoms with Crippen LogP contribution in [0.5, 0.6) is 0 Å². The smallest absolute Gasteiger partial charge is 0.332 e. The van der Waals surface area contributed by atoms with Gasteiger partial charge < -0.3 is 19.9 Å². The molecule has 0 saturated carbocycles. The molecule has 8 heteroatoms. The summed E-state index contributed by atoms with van der Waals surface area (Å²) in [6.07, 6.45) is 2.55. The fourth-order valence-corrected chi connectivity index (χ4v) is 5.57. The number of anilines is 1. The van der Waals surface area contributed by atoms with Crippen molar-refractivity contribution in [3.8, 4) is 0 Å². The Morgan fingerprint density at radius 2 is 1.97 bits per heavy atom. The molecule has 2 N–H and O–H groups in total. The Bertz CT molecular complexity index is 1330. The second kappa shape index (κ2) is 7.70. The van der Waals surface area contributed by atoms with E-state index in [1.807, 2.05) is 24.3 Å². The number of carbonyl (C=O) groups excluding carboxylic acids is 3. The molecule has 174 valence electrons. The van der Waals surface area contributed by atoms with Crippen LogP contribution in [0.15, 0.2) is 48.5 Å². The van der Waals surface area contributed by atoms with E-state index < -0.39 is 11.6 Å². The van der Waals surface area contributed by atoms with Crippen LogP contribution in [0.2, 0.25) is 0 Å². The van der Waals surface area contributed by atoms with Gasteiger partial charge in [0.25, 0.3) is 11.8 Å². The molecule has 3 aliphatic heterocycles. The molecule has 0 spiro atoms. The number of rotatable bonds is 4. The summed E-state index contributed by atoms with van der Waals surface area (Å²) in [6.45, 7) is 3.33. The molecule has 1 aromatic heterocycles. The normalized spacial score (nSPS) is 24.0. The number of para-hydroxylation sites is 2. The molecule has 0 aliphatic carbocycles. The monoisotopic (exact) mass is 458 g/mol. The minimum atomic E-state index is -1.16. The molecule has 4 heterocycles. The predicted octanol–water partition coefficient (Wildman–Crippen LogP) is 3.32. The zero-order valence-electron chi connectivity index (χ0n) is 19.0. The lowest BCUT2D eigenvalue weighted by Gasteiger charge is -2.35. The van der Waals surface area contributed by atoms with Crippen LogP contribution in [0.4, 0.5) is 10.5 Å². The molecular weight excluding hydrogens is 432 g/mol. The molecule has 4 amide bonds. The van der Waals surface area contributed by atoms with E-state index in [9.17, 15) is 14.4 Å². The van der Waals surface area contributed by atoms with Crippen LogP contribution < -0.4 is 10.2 Å². The van der Waals surface area contributed by atoms with Gasteiger partial charge in [0.15, 0.2) is 5.54 Å². The number of fused-ring (bicyclic) bond motifs is 5. The quantitative estimate of drug-likeness (QED) is 0.587. The van der Waals surface area contributed by atoms with Gasteiger partial charge in [-0.3, -0.25) is 9.59 Å². The number of urea groups is 1. The Kier molecular flexibility index (Phi) is 4.74. The van der Waals surface area contributed by atoms with Crippen molar-refractivity contribution >= 4 is 34.4 Å². The first-order valence-corrected chi connectivity index (χ1v) is 11.7. The van der Waals surface area contributed by atoms with E-state index in [2.05, 4.69) is 10.3 Å². The number of ether oxygens (including phenoxy) is 1. The number of nitrogens with zero attached hydrogens (tertiary/aromatic N) is 2. The second-order valence-corrected chi connectivity index (χ2v) is 9.28. The van der Waals surface area contributed by atoms with Gasteiger partial charge in [-0.05, 0) is 49.9 Å². The predicted molar refractivity (Wildman–Crippen MR) is 127 cm³/mol. The molecule has 2 atom stereocenters. The first-order valence-electron chi connectivity index (χ1n) is 11.7. The highest BCUT2D eigenvalue weighted by Gasteiger charge is 2.59. The van der Waals surface area contributed by atoms with Crippen molar-refractivity contribution in [1.82, 2.24) is 15.2 Å². The summed E-state index contributed by atoms with van der Waals surface area (Å²) < 4.78 is 5.60. The zero-order valence-corrected chi connectivity index (χ0v) is 19.0. The third-order valence-electron chi connectivity index (χ3n) is 7.37. The van der Waals surface area contributed by atoms with Crippen molar-refractivity contribution in [2.45, 2.75) is 37.8 Å². The van der Waals surface area contributed by atoms with Gasteiger partial charge in [-0.25, -0.2) is 9.69 Å². The summed E-state index contributed by atoms with van der Waals surface area (Å²) in [6, 6.07) is 14.3. The van der Waals surface area contributed by atoms with E-state index >= 15 is 0 Å². The summed E-state index contributed by atoms with van der Waals surface area (Å²) in [5.41, 5.74) is 2.20. The fourth-order valence-electron chi connectivity index (χ4n) is 5.57. The molecular formula is C26H26N4O4. The molecule has 0 bridgehead atoms. The highest BCUT2D eigenvalue weighted by molar-refractivity contribution is 6.25. The van der Waals surface area contributed by atoms with Gasteiger partial charge in [-0.1, -0.05) is 30.3 Å². The Morgan fingerprint density at radius 1 is 1.18 bits per heavy atom. The number of aromatic nitrogens is 1. The number of hydrogen-bond donors (Lipinski definition) is 2. The number of aromatic amines is 1. The summed E-state index contributed by atoms with van der Waals surface area (Å²) in [5, 5.41) is 3.98. The summed E-state index contributed by atoms with van der Waals surface area (Å²) >= 11 is 0. The number of hydrogen-bond acceptors (Lipinski definition) is 4. The lowest BCUT2D eigenvalue weighted by molar-refractivity contribution is -0.125. The Morgan fingerprint density at radius 3 is 2.79 bits per heavy atom. The summed E-state index contributed by atoms with van der Waals surface area (Å²) in [4.78, 5) is 46.8. The van der Waals surface area contributed by atoms with Crippen molar-refractivity contribution < 1.29 is 19.1 Å². The fraction of sp³-hybridized carbons (Fsp3) is 0.346. The standard InChI is InChI=1S/C26H26N4O4/c1-26-22-18(17-8-2-4-10-20(17)28-22)12-13-29(26)25(33)30(24(26)32)21-11-5-3-9-19(21)23(31)27-15-16-7-6-14-34-16/h2-5,8-11,16,28H,6-7,12-15H2,1H3,(H,27,31). The van der Waals surface area contributed by atoms with E-state index in [1.165, 1.54) is 4.90 Å². The Labute approximate surface area is 196 Å². The zero-order chi connectivity index (χ0) is 23.4. The molecule has 6 rings (SSSR count). The average Bonchev–Trinajstić information content (AvgIpc) is 3.55. The van der Waals surface area contributed by atoms with Crippen LogP contribution in [0.1, 0.15) is 41.4 Å². The van der Waals surface area contributed by atoms with Crippen LogP contribution in [-0.2, 0) is 21.5 Å². The first-order chi connectivity index (χ1) is 16.5. The van der Waals surface area contributed by atoms with Crippen LogP contribution >= 0.6 is 0 Å². The van der Waals surface area contributed by atoms with E-state index in [0.29, 0.717) is 37.4 Å². The van der Waals surface area contributed by atoms with Crippen LogP contribution in [0, 0.1) is 0 Å². The lowest BCUT2D eigenvalue weighted by Crippen LogP contribution is -2.49. The maximum Gasteiger partial charge on any atom is 0.332 e. The first kappa shape index (κ1) is 20.9. The van der Waals surface area contributed by atoms with Crippen molar-refractivity contribution in [3.63, 3.8) is 0 Å². The average molecular weight is 459 g/mol. The van der Waals surface area contributed by atoms with Crippen LogP contribution in [0.3, 0.4) is 0 Å². The van der Waals surface area contributed by atoms with E-state index in [0.717, 1.165) is 35.0 Å². The second-order valence-electron chi connectivity index (χ2n) is 9.28. The van der Waals surface area contributed by atoms with Crippen LogP contribution in [0.25, 0.3) is 10.9 Å². The number of benzene rings is 2. The van der Waals surface area contributed by atoms with E-state index in [4.69, 9.17) is 4.74 Å². The van der Waals surface area contributed by atoms with Crippen molar-refractivity contribution in [3.05, 3.63) is 65.4 Å². The molecule has 2 fully saturated rings. The molecule has 2 aromatic carbocycles. The maximum absolute atomic E-state index is 13.9. The molecule has 8 nitrogen and oxygen atoms in total. The number of amides is 4. The van der Waals surface area contributed by atoms with Gasteiger partial charge >= 0.3 is 6.03 Å². The van der Waals surface area contributed by atoms with Gasteiger partial charge in [-0.15, -0.1) is 0 Å². The highest BCUT2D eigenvalue weighted by Crippen LogP contribution is 2.45. The Balaban J connectivity index is 1.37. The topological polar surface area (TPSA) is 94.7 Å². The number of H-pyrrole nitrogens is 1. The van der Waals surface area contributed by atoms with E-state index in [1.54, 1.807) is 36.1 Å². The SMILES string of the molecule is CC12C(=O)N(c3ccccc3C(=O)NCC3CCCO3)C(=O)N1CCc1c2[nH]c2ccccc12. The van der Waals surface area contributed by atoms with Gasteiger partial charge in [0, 0.05) is 30.6 Å². The molecule has 2 unspecified atom stereocenters. The molecule has 34 heavy (non-hydrogen) atoms. The minimum Gasteiger partial charge on any atom is -0.376 e. The van der Waals surface area contributed by atoms with Crippen LogP contribution in [-0.4, -0.2) is 53.5 Å². The van der Waals surface area contributed by atoms with Crippen molar-refractivity contribution in [1.29, 1.82) is 0 Å². The number of nitrogens with one attached hydrogen (secondary N) is 2. The van der Waals surface area contributed by atoms with Crippen molar-refractivity contribution in [2.24, 2.45) is 0 Å². The third kappa shape index (κ3) is 2.91. The largest absolute Gasteiger partial charge is 0.376 e. The van der Waals surface area contributed by atoms with Gasteiger partial charge in [0.2, 0.25) is 0 Å². The summed E-state index contributed by atoms with van der Waals surface area (Å²) in [5.74, 6) is -0.683. The Hall–Kier alpha value is -3.65. The van der Waals surface area contributed by atoms with Gasteiger partial charge in [-0.2, -0.15) is 0 Å². The third-order valence-corrected chi connectivity index (χ3v) is 7.37. The van der Waals surface area contributed by atoms with Crippen molar-refractivity contribution in [2.75, 3.05) is 24.6 Å². The number of carbonyl (C=O) groups is 3. The van der Waals surface area contributed by atoms with Gasteiger partial charge in [0.1, 0.15) is 0 Å². The number of imide groups is 1. The summed E-state index contributed by atoms with van der Waals surface area (Å²) in [7, 11) is 0. The maximum atomic E-state index is 13.9. The molecule has 0 radical (unpaired) electrons. The highest BCUT2D eigenvalue weighted by atomic mass is 16.5. The molecule has 3 aromatic rings. The molecule has 3 aliphatic rings. The molecule has 2 saturated heterocycles.